The Morgan fingerprint density at radius 3 is 2.44 bits per heavy atom. The molecule has 25 heavy (non-hydrogen) atoms. The summed E-state index contributed by atoms with van der Waals surface area (Å²) in [7, 11) is 0. The molecule has 2 aromatic rings. The minimum Gasteiger partial charge on any atom is -0.346 e. The maximum Gasteiger partial charge on any atom is 0.244 e. The lowest BCUT2D eigenvalue weighted by Gasteiger charge is -2.14. The van der Waals surface area contributed by atoms with Gasteiger partial charge in [-0.15, -0.1) is 24.8 Å². The summed E-state index contributed by atoms with van der Waals surface area (Å²) in [5.41, 5.74) is 6.53. The number of halogens is 2. The monoisotopic (exact) mass is 388 g/mol. The van der Waals surface area contributed by atoms with Gasteiger partial charge in [0.2, 0.25) is 11.8 Å². The van der Waals surface area contributed by atoms with Crippen LogP contribution < -0.4 is 16.4 Å². The first-order valence-electron chi connectivity index (χ1n) is 7.26. The molecule has 0 spiro atoms. The number of rotatable bonds is 6. The molecule has 8 nitrogen and oxygen atoms in total. The van der Waals surface area contributed by atoms with Crippen molar-refractivity contribution in [3.8, 4) is 5.69 Å². The lowest BCUT2D eigenvalue weighted by molar-refractivity contribution is -0.125. The lowest BCUT2D eigenvalue weighted by atomic mass is 10.1. The Labute approximate surface area is 158 Å². The van der Waals surface area contributed by atoms with Crippen LogP contribution in [0.2, 0.25) is 0 Å². The van der Waals surface area contributed by atoms with Crippen molar-refractivity contribution in [2.24, 2.45) is 11.7 Å². The third kappa shape index (κ3) is 6.69. The lowest BCUT2D eigenvalue weighted by Crippen LogP contribution is -2.46. The van der Waals surface area contributed by atoms with Crippen molar-refractivity contribution in [1.82, 2.24) is 20.1 Å². The van der Waals surface area contributed by atoms with Crippen molar-refractivity contribution in [3.63, 3.8) is 0 Å². The molecule has 0 radical (unpaired) electrons. The molecule has 0 aromatic carbocycles. The Morgan fingerprint density at radius 1 is 1.20 bits per heavy atom. The first kappa shape index (κ1) is 22.8. The number of aromatic nitrogens is 3. The number of nitrogens with two attached hydrogens (primary N) is 1. The number of nitrogens with one attached hydrogen (secondary N) is 2. The molecule has 0 saturated carbocycles. The van der Waals surface area contributed by atoms with Crippen LogP contribution >= 0.6 is 24.8 Å². The zero-order valence-corrected chi connectivity index (χ0v) is 15.5. The van der Waals surface area contributed by atoms with E-state index in [0.717, 1.165) is 5.69 Å². The minimum absolute atomic E-state index is 0. The molecule has 4 N–H and O–H groups in total. The summed E-state index contributed by atoms with van der Waals surface area (Å²) in [6.07, 6.45) is 5.03. The Kier molecular flexibility index (Phi) is 9.73. The fourth-order valence-electron chi connectivity index (χ4n) is 1.81. The molecule has 0 bridgehead atoms. The highest BCUT2D eigenvalue weighted by molar-refractivity contribution is 5.94. The van der Waals surface area contributed by atoms with E-state index in [1.807, 2.05) is 13.8 Å². The van der Waals surface area contributed by atoms with Crippen LogP contribution in [0.3, 0.4) is 0 Å². The quantitative estimate of drug-likeness (QED) is 0.686. The number of carbonyl (C=O) groups excluding carboxylic acids is 2. The van der Waals surface area contributed by atoms with Gasteiger partial charge in [-0.05, 0) is 18.1 Å². The average Bonchev–Trinajstić information content (AvgIpc) is 3.01. The fourth-order valence-corrected chi connectivity index (χ4v) is 1.81. The second-order valence-electron chi connectivity index (χ2n) is 5.39. The van der Waals surface area contributed by atoms with Gasteiger partial charge in [-0.1, -0.05) is 13.8 Å². The molecule has 138 valence electrons. The SMILES string of the molecule is CC(C)[C@H](N)C(=O)NCC(=O)Nc1ccn(-c2ccncc2)n1.Cl.Cl. The average molecular weight is 389 g/mol. The van der Waals surface area contributed by atoms with E-state index < -0.39 is 6.04 Å². The second kappa shape index (κ2) is 10.7. The smallest absolute Gasteiger partial charge is 0.244 e. The number of pyridine rings is 1. The zero-order valence-electron chi connectivity index (χ0n) is 13.9. The summed E-state index contributed by atoms with van der Waals surface area (Å²) in [6.45, 7) is 3.54. The van der Waals surface area contributed by atoms with Gasteiger partial charge in [-0.25, -0.2) is 4.68 Å². The van der Waals surface area contributed by atoms with E-state index in [-0.39, 0.29) is 49.1 Å². The minimum atomic E-state index is -0.631. The van der Waals surface area contributed by atoms with Crippen molar-refractivity contribution >= 4 is 42.4 Å². The second-order valence-corrected chi connectivity index (χ2v) is 5.39. The van der Waals surface area contributed by atoms with Crippen molar-refractivity contribution in [3.05, 3.63) is 36.8 Å². The number of amides is 2. The van der Waals surface area contributed by atoms with Gasteiger partial charge in [0.05, 0.1) is 18.3 Å². The normalized spacial score (nSPS) is 11.0. The van der Waals surface area contributed by atoms with Crippen LogP contribution in [0, 0.1) is 5.92 Å². The number of nitrogens with zero attached hydrogens (tertiary/aromatic N) is 3. The van der Waals surface area contributed by atoms with E-state index in [0.29, 0.717) is 5.82 Å². The highest BCUT2D eigenvalue weighted by atomic mass is 35.5. The number of carbonyl (C=O) groups is 2. The van der Waals surface area contributed by atoms with E-state index >= 15 is 0 Å². The standard InChI is InChI=1S/C15H20N6O2.2ClH/c1-10(2)14(16)15(23)18-9-13(22)19-12-5-8-21(20-12)11-3-6-17-7-4-11;;/h3-8,10,14H,9,16H2,1-2H3,(H,18,23)(H,19,20,22);2*1H/t14-;;/m0../s1. The first-order chi connectivity index (χ1) is 11.0. The Morgan fingerprint density at radius 2 is 1.84 bits per heavy atom. The predicted molar refractivity (Wildman–Crippen MR) is 100 cm³/mol. The highest BCUT2D eigenvalue weighted by Crippen LogP contribution is 2.08. The topological polar surface area (TPSA) is 115 Å². The molecule has 10 heteroatoms. The van der Waals surface area contributed by atoms with E-state index in [1.54, 1.807) is 41.5 Å². The van der Waals surface area contributed by atoms with Gasteiger partial charge in [-0.2, -0.15) is 5.10 Å². The molecule has 2 aromatic heterocycles. The number of hydrogen-bond acceptors (Lipinski definition) is 5. The third-order valence-electron chi connectivity index (χ3n) is 3.23. The summed E-state index contributed by atoms with van der Waals surface area (Å²) < 4.78 is 1.62. The van der Waals surface area contributed by atoms with Gasteiger partial charge in [0.15, 0.2) is 5.82 Å². The Balaban J connectivity index is 0.00000288. The number of hydrogen-bond donors (Lipinski definition) is 3. The van der Waals surface area contributed by atoms with Gasteiger partial charge in [0.1, 0.15) is 0 Å². The Bertz CT molecular complexity index is 678. The summed E-state index contributed by atoms with van der Waals surface area (Å²) in [6, 6.07) is 4.63. The Hall–Kier alpha value is -2.16. The third-order valence-corrected chi connectivity index (χ3v) is 3.23. The van der Waals surface area contributed by atoms with Gasteiger partial charge in [0.25, 0.3) is 0 Å². The summed E-state index contributed by atoms with van der Waals surface area (Å²) in [5, 5.41) is 9.35. The molecule has 1 atom stereocenters. The van der Waals surface area contributed by atoms with Crippen LogP contribution in [0.15, 0.2) is 36.8 Å². The molecule has 2 rings (SSSR count). The molecule has 0 aliphatic rings. The van der Waals surface area contributed by atoms with Gasteiger partial charge < -0.3 is 16.4 Å². The van der Waals surface area contributed by atoms with Gasteiger partial charge >= 0.3 is 0 Å². The van der Waals surface area contributed by atoms with Crippen molar-refractivity contribution < 1.29 is 9.59 Å². The summed E-state index contributed by atoms with van der Waals surface area (Å²) in [4.78, 5) is 27.5. The van der Waals surface area contributed by atoms with Gasteiger partial charge in [-0.3, -0.25) is 14.6 Å². The van der Waals surface area contributed by atoms with E-state index in [9.17, 15) is 9.59 Å². The van der Waals surface area contributed by atoms with Crippen LogP contribution in [0.5, 0.6) is 0 Å². The molecule has 0 aliphatic heterocycles. The largest absolute Gasteiger partial charge is 0.346 e. The highest BCUT2D eigenvalue weighted by Gasteiger charge is 2.17. The molecular weight excluding hydrogens is 367 g/mol. The molecular formula is C15H22Cl2N6O2. The predicted octanol–water partition coefficient (Wildman–Crippen LogP) is 1.15. The first-order valence-corrected chi connectivity index (χ1v) is 7.26. The maximum absolute atomic E-state index is 11.8. The van der Waals surface area contributed by atoms with Gasteiger partial charge in [0, 0.05) is 24.7 Å². The molecule has 0 aliphatic carbocycles. The van der Waals surface area contributed by atoms with E-state index in [2.05, 4.69) is 20.7 Å². The molecule has 2 amide bonds. The van der Waals surface area contributed by atoms with Crippen LogP contribution in [0.4, 0.5) is 5.82 Å². The molecule has 0 fully saturated rings. The zero-order chi connectivity index (χ0) is 16.8. The maximum atomic E-state index is 11.8. The fraction of sp³-hybridized carbons (Fsp3) is 0.333. The number of anilines is 1. The van der Waals surface area contributed by atoms with Crippen molar-refractivity contribution in [2.75, 3.05) is 11.9 Å². The molecule has 0 saturated heterocycles. The van der Waals surface area contributed by atoms with E-state index in [4.69, 9.17) is 5.73 Å². The van der Waals surface area contributed by atoms with Crippen molar-refractivity contribution in [1.29, 1.82) is 0 Å². The summed E-state index contributed by atoms with van der Waals surface area (Å²) in [5.74, 6) is -0.310. The van der Waals surface area contributed by atoms with Crippen molar-refractivity contribution in [2.45, 2.75) is 19.9 Å². The van der Waals surface area contributed by atoms with Crippen LogP contribution in [0.25, 0.3) is 5.69 Å². The van der Waals surface area contributed by atoms with Crippen LogP contribution in [-0.2, 0) is 9.59 Å². The van der Waals surface area contributed by atoms with E-state index in [1.165, 1.54) is 0 Å². The summed E-state index contributed by atoms with van der Waals surface area (Å²) >= 11 is 0. The van der Waals surface area contributed by atoms with Crippen LogP contribution in [-0.4, -0.2) is 39.2 Å². The molecule has 2 heterocycles. The van der Waals surface area contributed by atoms with Crippen LogP contribution in [0.1, 0.15) is 13.8 Å². The molecule has 0 unspecified atom stereocenters.